The molecular weight excluding hydrogens is 252 g/mol. The fourth-order valence-electron chi connectivity index (χ4n) is 1.54. The molecule has 0 aliphatic carbocycles. The van der Waals surface area contributed by atoms with E-state index in [4.69, 9.17) is 9.47 Å². The molecule has 0 N–H and O–H groups in total. The average Bonchev–Trinajstić information content (AvgIpc) is 2.12. The molecule has 0 unspecified atom stereocenters. The van der Waals surface area contributed by atoms with Crippen LogP contribution in [0.3, 0.4) is 0 Å². The van der Waals surface area contributed by atoms with Crippen LogP contribution in [0, 0.1) is 0 Å². The molecule has 19 heavy (non-hydrogen) atoms. The number of hydrogen-bond donors (Lipinski definition) is 0. The van der Waals surface area contributed by atoms with E-state index in [1.165, 1.54) is 20.8 Å². The monoisotopic (exact) mass is 272 g/mol. The first kappa shape index (κ1) is 17.3. The first-order valence-corrected chi connectivity index (χ1v) is 6.11. The van der Waals surface area contributed by atoms with Crippen LogP contribution in [-0.2, 0) is 28.7 Å². The number of rotatable bonds is 8. The molecule has 0 aromatic carbocycles. The van der Waals surface area contributed by atoms with E-state index >= 15 is 0 Å². The van der Waals surface area contributed by atoms with Gasteiger partial charge in [-0.3, -0.25) is 19.2 Å². The molecule has 0 radical (unpaired) electrons. The van der Waals surface area contributed by atoms with Crippen molar-refractivity contribution in [2.45, 2.75) is 59.2 Å². The summed E-state index contributed by atoms with van der Waals surface area (Å²) in [5, 5.41) is 0. The van der Waals surface area contributed by atoms with Gasteiger partial charge in [-0.25, -0.2) is 0 Å². The minimum Gasteiger partial charge on any atom is -0.422 e. The maximum atomic E-state index is 11.4. The average molecular weight is 272 g/mol. The lowest BCUT2D eigenvalue weighted by molar-refractivity contribution is -0.224. The van der Waals surface area contributed by atoms with Crippen molar-refractivity contribution in [3.63, 3.8) is 0 Å². The highest BCUT2D eigenvalue weighted by Gasteiger charge is 2.32. The highest BCUT2D eigenvalue weighted by atomic mass is 16.7. The van der Waals surface area contributed by atoms with Crippen molar-refractivity contribution in [1.82, 2.24) is 0 Å². The number of ether oxygens (including phenoxy) is 2. The normalized spacial score (nSPS) is 10.7. The van der Waals surface area contributed by atoms with Crippen molar-refractivity contribution in [3.8, 4) is 0 Å². The quantitative estimate of drug-likeness (QED) is 0.378. The number of carbonyl (C=O) groups is 4. The minimum absolute atomic E-state index is 0.292. The number of ketones is 2. The van der Waals surface area contributed by atoms with Crippen LogP contribution >= 0.6 is 0 Å². The molecule has 0 saturated carbocycles. The zero-order valence-corrected chi connectivity index (χ0v) is 11.8. The molecule has 108 valence electrons. The van der Waals surface area contributed by atoms with Crippen LogP contribution in [0.4, 0.5) is 0 Å². The Bertz CT molecular complexity index is 341. The summed E-state index contributed by atoms with van der Waals surface area (Å²) >= 11 is 0. The summed E-state index contributed by atoms with van der Waals surface area (Å²) in [6.45, 7) is 5.79. The second-order valence-electron chi connectivity index (χ2n) is 4.59. The van der Waals surface area contributed by atoms with Crippen LogP contribution in [0.25, 0.3) is 0 Å². The standard InChI is InChI=1S/C13H20O6/c1-5-6-13(4,18-11(16)7-9(2)14)19-12(17)8-10(3)15/h5-8H2,1-4H3. The van der Waals surface area contributed by atoms with E-state index in [1.807, 2.05) is 6.92 Å². The van der Waals surface area contributed by atoms with E-state index in [0.717, 1.165) is 0 Å². The molecule has 0 aromatic rings. The number of Topliss-reactive ketones (excluding diaryl/α,β-unsaturated/α-hetero) is 2. The zero-order valence-electron chi connectivity index (χ0n) is 11.8. The summed E-state index contributed by atoms with van der Waals surface area (Å²) in [5.41, 5.74) is 0. The summed E-state index contributed by atoms with van der Waals surface area (Å²) in [4.78, 5) is 44.5. The minimum atomic E-state index is -1.44. The molecule has 0 atom stereocenters. The van der Waals surface area contributed by atoms with E-state index in [1.54, 1.807) is 0 Å². The van der Waals surface area contributed by atoms with Gasteiger partial charge in [0.05, 0.1) is 0 Å². The Morgan fingerprint density at radius 1 is 0.895 bits per heavy atom. The van der Waals surface area contributed by atoms with Gasteiger partial charge in [-0.05, 0) is 20.3 Å². The van der Waals surface area contributed by atoms with Gasteiger partial charge >= 0.3 is 11.9 Å². The van der Waals surface area contributed by atoms with Gasteiger partial charge < -0.3 is 9.47 Å². The first-order chi connectivity index (χ1) is 8.68. The molecule has 6 heteroatoms. The zero-order chi connectivity index (χ0) is 15.1. The van der Waals surface area contributed by atoms with E-state index < -0.39 is 17.7 Å². The van der Waals surface area contributed by atoms with Crippen LogP contribution in [-0.4, -0.2) is 29.3 Å². The van der Waals surface area contributed by atoms with Gasteiger partial charge in [0.1, 0.15) is 24.4 Å². The van der Waals surface area contributed by atoms with Crippen LogP contribution in [0.15, 0.2) is 0 Å². The number of hydrogen-bond acceptors (Lipinski definition) is 6. The third kappa shape index (κ3) is 8.07. The van der Waals surface area contributed by atoms with Crippen molar-refractivity contribution < 1.29 is 28.7 Å². The summed E-state index contributed by atoms with van der Waals surface area (Å²) in [6.07, 6.45) is 0.157. The Balaban J connectivity index is 4.65. The SMILES string of the molecule is CCCC(C)(OC(=O)CC(C)=O)OC(=O)CC(C)=O. The fraction of sp³-hybridized carbons (Fsp3) is 0.692. The third-order valence-electron chi connectivity index (χ3n) is 2.15. The predicted molar refractivity (Wildman–Crippen MR) is 66.1 cm³/mol. The lowest BCUT2D eigenvalue weighted by atomic mass is 10.1. The predicted octanol–water partition coefficient (Wildman–Crippen LogP) is 1.55. The third-order valence-corrected chi connectivity index (χ3v) is 2.15. The second kappa shape index (κ2) is 7.66. The molecular formula is C13H20O6. The largest absolute Gasteiger partial charge is 0.422 e. The molecule has 0 saturated heterocycles. The molecule has 0 bridgehead atoms. The molecule has 0 aromatic heterocycles. The molecule has 6 nitrogen and oxygen atoms in total. The van der Waals surface area contributed by atoms with Crippen molar-refractivity contribution >= 4 is 23.5 Å². The van der Waals surface area contributed by atoms with E-state index in [0.29, 0.717) is 12.8 Å². The highest BCUT2D eigenvalue weighted by Crippen LogP contribution is 2.21. The molecule has 0 fully saturated rings. The lowest BCUT2D eigenvalue weighted by Gasteiger charge is -2.28. The van der Waals surface area contributed by atoms with Crippen molar-refractivity contribution in [2.24, 2.45) is 0 Å². The van der Waals surface area contributed by atoms with E-state index in [-0.39, 0.29) is 24.4 Å². The van der Waals surface area contributed by atoms with Gasteiger partial charge in [0.2, 0.25) is 0 Å². The van der Waals surface area contributed by atoms with Crippen LogP contribution in [0.2, 0.25) is 0 Å². The molecule has 0 heterocycles. The Morgan fingerprint density at radius 2 is 1.26 bits per heavy atom. The van der Waals surface area contributed by atoms with Gasteiger partial charge in [-0.1, -0.05) is 6.92 Å². The van der Waals surface area contributed by atoms with Crippen molar-refractivity contribution in [3.05, 3.63) is 0 Å². The van der Waals surface area contributed by atoms with Crippen LogP contribution < -0.4 is 0 Å². The molecule has 0 spiro atoms. The summed E-state index contributed by atoms with van der Waals surface area (Å²) in [5.74, 6) is -3.61. The smallest absolute Gasteiger partial charge is 0.316 e. The second-order valence-corrected chi connectivity index (χ2v) is 4.59. The summed E-state index contributed by atoms with van der Waals surface area (Å²) in [6, 6.07) is 0. The molecule has 0 aliphatic heterocycles. The van der Waals surface area contributed by atoms with Crippen molar-refractivity contribution in [1.29, 1.82) is 0 Å². The molecule has 0 rings (SSSR count). The molecule has 0 aliphatic rings. The van der Waals surface area contributed by atoms with E-state index in [9.17, 15) is 19.2 Å². The van der Waals surface area contributed by atoms with Crippen molar-refractivity contribution in [2.75, 3.05) is 0 Å². The van der Waals surface area contributed by atoms with Gasteiger partial charge in [0.25, 0.3) is 5.79 Å². The fourth-order valence-corrected chi connectivity index (χ4v) is 1.54. The highest BCUT2D eigenvalue weighted by molar-refractivity contribution is 5.95. The van der Waals surface area contributed by atoms with Gasteiger partial charge in [-0.15, -0.1) is 0 Å². The maximum Gasteiger partial charge on any atom is 0.316 e. The van der Waals surface area contributed by atoms with Crippen LogP contribution in [0.5, 0.6) is 0 Å². The van der Waals surface area contributed by atoms with Crippen LogP contribution in [0.1, 0.15) is 53.4 Å². The Labute approximate surface area is 112 Å². The maximum absolute atomic E-state index is 11.4. The van der Waals surface area contributed by atoms with Gasteiger partial charge in [0.15, 0.2) is 0 Å². The Hall–Kier alpha value is -1.72. The topological polar surface area (TPSA) is 86.7 Å². The van der Waals surface area contributed by atoms with E-state index in [2.05, 4.69) is 0 Å². The molecule has 0 amide bonds. The van der Waals surface area contributed by atoms with Gasteiger partial charge in [0, 0.05) is 13.3 Å². The number of carbonyl (C=O) groups excluding carboxylic acids is 4. The Kier molecular flexibility index (Phi) is 6.96. The van der Waals surface area contributed by atoms with Gasteiger partial charge in [-0.2, -0.15) is 0 Å². The first-order valence-electron chi connectivity index (χ1n) is 6.11. The number of esters is 2. The Morgan fingerprint density at radius 3 is 1.53 bits per heavy atom. The summed E-state index contributed by atoms with van der Waals surface area (Å²) < 4.78 is 10.1. The lowest BCUT2D eigenvalue weighted by Crippen LogP contribution is -2.37. The summed E-state index contributed by atoms with van der Waals surface area (Å²) in [7, 11) is 0.